The third kappa shape index (κ3) is 5.74. The highest BCUT2D eigenvalue weighted by atomic mass is 32.2. The lowest BCUT2D eigenvalue weighted by Gasteiger charge is -2.23. The van der Waals surface area contributed by atoms with Crippen LogP contribution in [0.4, 0.5) is 5.69 Å². The van der Waals surface area contributed by atoms with Gasteiger partial charge in [-0.1, -0.05) is 19.1 Å². The summed E-state index contributed by atoms with van der Waals surface area (Å²) in [7, 11) is -2.10. The van der Waals surface area contributed by atoms with E-state index < -0.39 is 10.0 Å². The van der Waals surface area contributed by atoms with Crippen molar-refractivity contribution in [3.63, 3.8) is 0 Å². The molecule has 180 valence electrons. The average molecular weight is 499 g/mol. The minimum atomic E-state index is -3.71. The molecule has 3 aromatic carbocycles. The first-order chi connectivity index (χ1) is 16.3. The van der Waals surface area contributed by atoms with Gasteiger partial charge in [0.1, 0.15) is 5.75 Å². The fourth-order valence-electron chi connectivity index (χ4n) is 3.64. The molecule has 0 saturated heterocycles. The number of methoxy groups -OCH3 is 1. The smallest absolute Gasteiger partial charge is 0.264 e. The Morgan fingerprint density at radius 2 is 1.59 bits per heavy atom. The van der Waals surface area contributed by atoms with E-state index >= 15 is 0 Å². The van der Waals surface area contributed by atoms with Crippen LogP contribution < -0.4 is 14.4 Å². The molecule has 1 atom stereocenters. The number of rotatable bonds is 10. The average Bonchev–Trinajstić information content (AvgIpc) is 2.88. The Morgan fingerprint density at radius 1 is 0.971 bits per heavy atom. The third-order valence-electron chi connectivity index (χ3n) is 5.58. The normalized spacial score (nSPS) is 12.1. The van der Waals surface area contributed by atoms with Gasteiger partial charge in [0.15, 0.2) is 0 Å². The van der Waals surface area contributed by atoms with E-state index in [-0.39, 0.29) is 23.4 Å². The molecule has 1 N–H and O–H groups in total. The molecule has 6 nitrogen and oxygen atoms in total. The van der Waals surface area contributed by atoms with Gasteiger partial charge in [-0.15, -0.1) is 11.8 Å². The molecule has 8 heteroatoms. The fraction of sp³-hybridized carbons (Fsp3) is 0.269. The van der Waals surface area contributed by atoms with Crippen molar-refractivity contribution >= 4 is 33.4 Å². The Labute approximate surface area is 206 Å². The predicted molar refractivity (Wildman–Crippen MR) is 138 cm³/mol. The molecular formula is C26H30N2O4S2. The molecule has 0 spiro atoms. The van der Waals surface area contributed by atoms with Crippen molar-refractivity contribution in [1.82, 2.24) is 5.32 Å². The lowest BCUT2D eigenvalue weighted by Crippen LogP contribution is -2.31. The lowest BCUT2D eigenvalue weighted by molar-refractivity contribution is 0.0935. The molecule has 0 aliphatic heterocycles. The van der Waals surface area contributed by atoms with Crippen LogP contribution in [0.5, 0.6) is 5.75 Å². The number of thioether (sulfide) groups is 1. The van der Waals surface area contributed by atoms with Crippen LogP contribution in [0, 0.1) is 0 Å². The highest BCUT2D eigenvalue weighted by Crippen LogP contribution is 2.26. The second-order valence-corrected chi connectivity index (χ2v) is 10.3. The van der Waals surface area contributed by atoms with E-state index in [1.54, 1.807) is 74.3 Å². The van der Waals surface area contributed by atoms with Gasteiger partial charge in [-0.25, -0.2) is 8.42 Å². The summed E-state index contributed by atoms with van der Waals surface area (Å²) in [5.74, 6) is 0.545. The Balaban J connectivity index is 1.77. The van der Waals surface area contributed by atoms with E-state index in [9.17, 15) is 13.2 Å². The second-order valence-electron chi connectivity index (χ2n) is 7.60. The molecule has 0 aliphatic rings. The van der Waals surface area contributed by atoms with E-state index in [2.05, 4.69) is 5.32 Å². The van der Waals surface area contributed by atoms with Crippen LogP contribution >= 0.6 is 11.8 Å². The van der Waals surface area contributed by atoms with Gasteiger partial charge in [-0.05, 0) is 85.8 Å². The Kier molecular flexibility index (Phi) is 8.63. The van der Waals surface area contributed by atoms with Gasteiger partial charge >= 0.3 is 0 Å². The number of ether oxygens (including phenoxy) is 1. The van der Waals surface area contributed by atoms with E-state index in [4.69, 9.17) is 4.74 Å². The SMILES string of the molecule is CCC(NC(=O)c1ccc(N(CC)S(=O)(=O)c2ccc(SC)cc2)cc1)c1ccc(OC)cc1. The van der Waals surface area contributed by atoms with Crippen LogP contribution in [0.1, 0.15) is 42.2 Å². The molecule has 0 aromatic heterocycles. The van der Waals surface area contributed by atoms with Gasteiger partial charge in [-0.3, -0.25) is 9.10 Å². The van der Waals surface area contributed by atoms with Crippen LogP contribution in [0.25, 0.3) is 0 Å². The molecule has 0 bridgehead atoms. The molecule has 3 aromatic rings. The molecule has 3 rings (SSSR count). The molecular weight excluding hydrogens is 468 g/mol. The fourth-order valence-corrected chi connectivity index (χ4v) is 5.53. The summed E-state index contributed by atoms with van der Waals surface area (Å²) in [4.78, 5) is 14.1. The first kappa shape index (κ1) is 25.6. The van der Waals surface area contributed by atoms with E-state index in [1.165, 1.54) is 4.31 Å². The molecule has 0 heterocycles. The number of benzene rings is 3. The zero-order chi connectivity index (χ0) is 24.7. The van der Waals surface area contributed by atoms with Crippen molar-refractivity contribution in [2.45, 2.75) is 36.1 Å². The summed E-state index contributed by atoms with van der Waals surface area (Å²) in [5.41, 5.74) is 1.97. The van der Waals surface area contributed by atoms with E-state index in [1.807, 2.05) is 37.4 Å². The van der Waals surface area contributed by atoms with Crippen molar-refractivity contribution in [2.24, 2.45) is 0 Å². The molecule has 0 radical (unpaired) electrons. The molecule has 1 unspecified atom stereocenters. The van der Waals surface area contributed by atoms with Crippen LogP contribution in [0.3, 0.4) is 0 Å². The van der Waals surface area contributed by atoms with Crippen LogP contribution in [-0.4, -0.2) is 34.2 Å². The van der Waals surface area contributed by atoms with E-state index in [0.29, 0.717) is 11.3 Å². The molecule has 34 heavy (non-hydrogen) atoms. The maximum atomic E-state index is 13.2. The summed E-state index contributed by atoms with van der Waals surface area (Å²) in [6.07, 6.45) is 2.67. The largest absolute Gasteiger partial charge is 0.497 e. The number of carbonyl (C=O) groups excluding carboxylic acids is 1. The lowest BCUT2D eigenvalue weighted by atomic mass is 10.0. The first-order valence-corrected chi connectivity index (χ1v) is 13.7. The minimum absolute atomic E-state index is 0.144. The molecule has 1 amide bonds. The number of amides is 1. The standard InChI is InChI=1S/C26H30N2O4S2/c1-5-25(19-9-13-22(32-3)14-10-19)27-26(29)20-7-11-21(12-8-20)28(6-2)34(30,31)24-17-15-23(33-4)16-18-24/h7-18,25H,5-6H2,1-4H3,(H,27,29). The van der Waals surface area contributed by atoms with Gasteiger partial charge in [-0.2, -0.15) is 0 Å². The molecule has 0 fully saturated rings. The van der Waals surface area contributed by atoms with Crippen molar-refractivity contribution < 1.29 is 17.9 Å². The van der Waals surface area contributed by atoms with Crippen molar-refractivity contribution in [3.05, 3.63) is 83.9 Å². The Hall–Kier alpha value is -2.97. The van der Waals surface area contributed by atoms with Gasteiger partial charge in [0.05, 0.1) is 23.7 Å². The highest BCUT2D eigenvalue weighted by Gasteiger charge is 2.24. The summed E-state index contributed by atoms with van der Waals surface area (Å²) >= 11 is 1.56. The van der Waals surface area contributed by atoms with E-state index in [0.717, 1.165) is 22.6 Å². The minimum Gasteiger partial charge on any atom is -0.497 e. The second kappa shape index (κ2) is 11.4. The monoisotopic (exact) mass is 498 g/mol. The first-order valence-electron chi connectivity index (χ1n) is 11.1. The van der Waals surface area contributed by atoms with Crippen LogP contribution in [-0.2, 0) is 10.0 Å². The maximum Gasteiger partial charge on any atom is 0.264 e. The number of nitrogens with one attached hydrogen (secondary N) is 1. The van der Waals surface area contributed by atoms with Crippen molar-refractivity contribution in [2.75, 3.05) is 24.2 Å². The Morgan fingerprint density at radius 3 is 2.09 bits per heavy atom. The van der Waals surface area contributed by atoms with Gasteiger partial charge in [0, 0.05) is 17.0 Å². The Bertz CT molecular complexity index is 1190. The topological polar surface area (TPSA) is 75.7 Å². The summed E-state index contributed by atoms with van der Waals surface area (Å²) in [5, 5.41) is 3.05. The maximum absolute atomic E-state index is 13.2. The van der Waals surface area contributed by atoms with Crippen molar-refractivity contribution in [3.8, 4) is 5.75 Å². The zero-order valence-electron chi connectivity index (χ0n) is 19.8. The number of anilines is 1. The van der Waals surface area contributed by atoms with Crippen molar-refractivity contribution in [1.29, 1.82) is 0 Å². The quantitative estimate of drug-likeness (QED) is 0.373. The third-order valence-corrected chi connectivity index (χ3v) is 8.24. The summed E-state index contributed by atoms with van der Waals surface area (Å²) < 4.78 is 32.9. The number of hydrogen-bond acceptors (Lipinski definition) is 5. The zero-order valence-corrected chi connectivity index (χ0v) is 21.4. The molecule has 0 aliphatic carbocycles. The number of nitrogens with zero attached hydrogens (tertiary/aromatic N) is 1. The molecule has 0 saturated carbocycles. The highest BCUT2D eigenvalue weighted by molar-refractivity contribution is 7.98. The van der Waals surface area contributed by atoms with Gasteiger partial charge in [0.2, 0.25) is 0 Å². The predicted octanol–water partition coefficient (Wildman–Crippen LogP) is 5.51. The number of hydrogen-bond donors (Lipinski definition) is 1. The number of sulfonamides is 1. The summed E-state index contributed by atoms with van der Waals surface area (Å²) in [6, 6.07) is 20.9. The summed E-state index contributed by atoms with van der Waals surface area (Å²) in [6.45, 7) is 4.07. The van der Waals surface area contributed by atoms with Crippen LogP contribution in [0.2, 0.25) is 0 Å². The number of carbonyl (C=O) groups is 1. The van der Waals surface area contributed by atoms with Gasteiger partial charge in [0.25, 0.3) is 15.9 Å². The van der Waals surface area contributed by atoms with Gasteiger partial charge < -0.3 is 10.1 Å². The van der Waals surface area contributed by atoms with Crippen LogP contribution in [0.15, 0.2) is 82.6 Å².